The molecule has 98 valence electrons. The van der Waals surface area contributed by atoms with Crippen LogP contribution in [-0.2, 0) is 4.79 Å². The summed E-state index contributed by atoms with van der Waals surface area (Å²) in [5.74, 6) is -1.20. The lowest BCUT2D eigenvalue weighted by molar-refractivity contribution is -0.480. The summed E-state index contributed by atoms with van der Waals surface area (Å²) in [7, 11) is 0. The summed E-state index contributed by atoms with van der Waals surface area (Å²) in [6.45, 7) is 0.0142. The average molecular weight is 246 g/mol. The molecule has 2 N–H and O–H groups in total. The summed E-state index contributed by atoms with van der Waals surface area (Å²) >= 11 is 0. The third-order valence-corrected chi connectivity index (χ3v) is 2.37. The number of carboxylic acids is 1. The Bertz CT molecular complexity index is 278. The second-order valence-corrected chi connectivity index (χ2v) is 3.78. The van der Waals surface area contributed by atoms with Gasteiger partial charge in [-0.1, -0.05) is 24.4 Å². The van der Waals surface area contributed by atoms with E-state index in [4.69, 9.17) is 10.3 Å². The van der Waals surface area contributed by atoms with Crippen LogP contribution in [0.1, 0.15) is 44.9 Å². The van der Waals surface area contributed by atoms with Gasteiger partial charge in [0.1, 0.15) is 0 Å². The van der Waals surface area contributed by atoms with Gasteiger partial charge in [0.05, 0.1) is 0 Å². The smallest absolute Gasteiger partial charge is 0.353 e. The van der Waals surface area contributed by atoms with Gasteiger partial charge in [-0.05, 0) is 12.8 Å². The number of carbonyl (C=O) groups is 1. The summed E-state index contributed by atoms with van der Waals surface area (Å²) in [6.07, 6.45) is 4.97. The number of nitro groups is 1. The maximum atomic E-state index is 10.4. The molecule has 7 nitrogen and oxygen atoms in total. The van der Waals surface area contributed by atoms with E-state index in [0.717, 1.165) is 25.7 Å². The van der Waals surface area contributed by atoms with Crippen LogP contribution in [0.15, 0.2) is 5.16 Å². The predicted octanol–water partition coefficient (Wildman–Crippen LogP) is 1.91. The topological polar surface area (TPSA) is 113 Å². The third kappa shape index (κ3) is 9.28. The van der Waals surface area contributed by atoms with Gasteiger partial charge in [-0.25, -0.2) is 4.79 Å². The van der Waals surface area contributed by atoms with Crippen LogP contribution >= 0.6 is 0 Å². The molecule has 0 heterocycles. The van der Waals surface area contributed by atoms with E-state index in [1.165, 1.54) is 0 Å². The van der Waals surface area contributed by atoms with Gasteiger partial charge in [0.2, 0.25) is 6.54 Å². The lowest BCUT2D eigenvalue weighted by Gasteiger charge is -2.00. The van der Waals surface area contributed by atoms with E-state index >= 15 is 0 Å². The molecule has 0 aromatic rings. The Labute approximate surface area is 99.3 Å². The van der Waals surface area contributed by atoms with Crippen LogP contribution < -0.4 is 0 Å². The van der Waals surface area contributed by atoms with Crippen molar-refractivity contribution in [2.75, 3.05) is 6.54 Å². The molecule has 0 atom stereocenters. The van der Waals surface area contributed by atoms with Crippen molar-refractivity contribution in [2.45, 2.75) is 44.9 Å². The SMILES string of the molecule is O=C(O)C(CCCCCCCC[N+](=O)[O-])=NO. The second kappa shape index (κ2) is 9.56. The van der Waals surface area contributed by atoms with Crippen molar-refractivity contribution in [3.05, 3.63) is 10.1 Å². The molecule has 7 heteroatoms. The normalized spacial score (nSPS) is 11.4. The van der Waals surface area contributed by atoms with Crippen molar-refractivity contribution in [1.82, 2.24) is 0 Å². The van der Waals surface area contributed by atoms with E-state index in [-0.39, 0.29) is 23.6 Å². The summed E-state index contributed by atoms with van der Waals surface area (Å²) in [5.41, 5.74) is -0.224. The van der Waals surface area contributed by atoms with E-state index in [2.05, 4.69) is 5.16 Å². The molecule has 0 saturated carbocycles. The molecule has 0 fully saturated rings. The standard InChI is InChI=1S/C10H18N2O5/c13-10(14)9(11-15)7-5-3-1-2-4-6-8-12(16)17/h15H,1-8H2,(H,13,14). The number of hydrogen-bond acceptors (Lipinski definition) is 5. The fourth-order valence-electron chi connectivity index (χ4n) is 1.44. The molecule has 0 unspecified atom stereocenters. The van der Waals surface area contributed by atoms with Crippen molar-refractivity contribution < 1.29 is 20.0 Å². The van der Waals surface area contributed by atoms with Crippen molar-refractivity contribution >= 4 is 11.7 Å². The maximum absolute atomic E-state index is 10.4. The average Bonchev–Trinajstić information content (AvgIpc) is 2.26. The van der Waals surface area contributed by atoms with E-state index in [1.54, 1.807) is 0 Å². The minimum atomic E-state index is -1.20. The molecule has 0 aromatic heterocycles. The van der Waals surface area contributed by atoms with Crippen LogP contribution in [0.2, 0.25) is 0 Å². The minimum Gasteiger partial charge on any atom is -0.477 e. The van der Waals surface area contributed by atoms with E-state index in [0.29, 0.717) is 12.8 Å². The second-order valence-electron chi connectivity index (χ2n) is 3.78. The van der Waals surface area contributed by atoms with Crippen LogP contribution in [0.4, 0.5) is 0 Å². The third-order valence-electron chi connectivity index (χ3n) is 2.37. The number of oxime groups is 1. The van der Waals surface area contributed by atoms with Crippen molar-refractivity contribution in [1.29, 1.82) is 0 Å². The highest BCUT2D eigenvalue weighted by Crippen LogP contribution is 2.08. The van der Waals surface area contributed by atoms with Gasteiger partial charge in [0, 0.05) is 17.8 Å². The van der Waals surface area contributed by atoms with Crippen molar-refractivity contribution in [3.63, 3.8) is 0 Å². The first kappa shape index (κ1) is 15.3. The molecule has 0 aliphatic carbocycles. The summed E-state index contributed by atoms with van der Waals surface area (Å²) in [4.78, 5) is 20.1. The molecule has 0 aliphatic rings. The molecule has 0 bridgehead atoms. The zero-order valence-corrected chi connectivity index (χ0v) is 9.67. The molecule has 0 amide bonds. The molecular formula is C10H18N2O5. The first-order valence-electron chi connectivity index (χ1n) is 5.64. The molecule has 0 aromatic carbocycles. The molecule has 0 rings (SSSR count). The summed E-state index contributed by atoms with van der Waals surface area (Å²) < 4.78 is 0. The molecule has 0 saturated heterocycles. The van der Waals surface area contributed by atoms with Gasteiger partial charge >= 0.3 is 5.97 Å². The predicted molar refractivity (Wildman–Crippen MR) is 61.0 cm³/mol. The van der Waals surface area contributed by atoms with Crippen LogP contribution in [0, 0.1) is 10.1 Å². The maximum Gasteiger partial charge on any atom is 0.353 e. The Kier molecular flexibility index (Phi) is 8.62. The fourth-order valence-corrected chi connectivity index (χ4v) is 1.44. The van der Waals surface area contributed by atoms with Crippen LogP contribution in [0.3, 0.4) is 0 Å². The molecule has 0 radical (unpaired) electrons. The fraction of sp³-hybridized carbons (Fsp3) is 0.800. The number of carboxylic acid groups (broad SMARTS) is 1. The highest BCUT2D eigenvalue weighted by Gasteiger charge is 2.08. The highest BCUT2D eigenvalue weighted by molar-refractivity contribution is 6.35. The first-order valence-corrected chi connectivity index (χ1v) is 5.64. The number of hydrogen-bond donors (Lipinski definition) is 2. The Morgan fingerprint density at radius 1 is 1.12 bits per heavy atom. The molecule has 17 heavy (non-hydrogen) atoms. The summed E-state index contributed by atoms with van der Waals surface area (Å²) in [6, 6.07) is 0. The first-order chi connectivity index (χ1) is 8.07. The van der Waals surface area contributed by atoms with Gasteiger partial charge in [0.25, 0.3) is 0 Å². The largest absolute Gasteiger partial charge is 0.477 e. The number of rotatable bonds is 10. The Hall–Kier alpha value is -1.66. The monoisotopic (exact) mass is 246 g/mol. The van der Waals surface area contributed by atoms with Crippen LogP contribution in [0.5, 0.6) is 0 Å². The van der Waals surface area contributed by atoms with Gasteiger partial charge in [-0.3, -0.25) is 10.1 Å². The van der Waals surface area contributed by atoms with Crippen LogP contribution in [0.25, 0.3) is 0 Å². The lowest BCUT2D eigenvalue weighted by Crippen LogP contribution is -2.12. The van der Waals surface area contributed by atoms with Crippen LogP contribution in [-0.4, -0.2) is 33.5 Å². The number of nitrogens with zero attached hydrogens (tertiary/aromatic N) is 2. The van der Waals surface area contributed by atoms with Gasteiger partial charge < -0.3 is 10.3 Å². The van der Waals surface area contributed by atoms with Gasteiger partial charge in [-0.15, -0.1) is 0 Å². The quantitative estimate of drug-likeness (QED) is 0.201. The minimum absolute atomic E-state index is 0.0142. The molecule has 0 aliphatic heterocycles. The number of unbranched alkanes of at least 4 members (excludes halogenated alkanes) is 5. The van der Waals surface area contributed by atoms with Gasteiger partial charge in [0.15, 0.2) is 5.71 Å². The Morgan fingerprint density at radius 2 is 1.65 bits per heavy atom. The number of aliphatic carboxylic acids is 1. The Morgan fingerprint density at radius 3 is 2.12 bits per heavy atom. The van der Waals surface area contributed by atoms with E-state index < -0.39 is 5.97 Å². The summed E-state index contributed by atoms with van der Waals surface area (Å²) in [5, 5.41) is 29.6. The van der Waals surface area contributed by atoms with E-state index in [1.807, 2.05) is 0 Å². The van der Waals surface area contributed by atoms with Gasteiger partial charge in [-0.2, -0.15) is 0 Å². The van der Waals surface area contributed by atoms with Crippen molar-refractivity contribution in [2.24, 2.45) is 5.16 Å². The molecule has 0 spiro atoms. The van der Waals surface area contributed by atoms with E-state index in [9.17, 15) is 14.9 Å². The zero-order valence-electron chi connectivity index (χ0n) is 9.67. The lowest BCUT2D eigenvalue weighted by atomic mass is 10.1. The highest BCUT2D eigenvalue weighted by atomic mass is 16.6. The molecular weight excluding hydrogens is 228 g/mol. The zero-order chi connectivity index (χ0) is 13.1. The Balaban J connectivity index is 3.35. The van der Waals surface area contributed by atoms with Crippen molar-refractivity contribution in [3.8, 4) is 0 Å².